The van der Waals surface area contributed by atoms with E-state index >= 15 is 0 Å². The number of aromatic nitrogens is 3. The molecule has 0 bridgehead atoms. The first-order valence-electron chi connectivity index (χ1n) is 8.91. The first-order valence-corrected chi connectivity index (χ1v) is 9.71. The zero-order chi connectivity index (χ0) is 21.1. The number of ketones is 1. The summed E-state index contributed by atoms with van der Waals surface area (Å²) in [5, 5.41) is 14.8. The molecule has 3 aromatic heterocycles. The van der Waals surface area contributed by atoms with Crippen LogP contribution in [0.1, 0.15) is 21.9 Å². The summed E-state index contributed by atoms with van der Waals surface area (Å²) in [6, 6.07) is 14.6. The third kappa shape index (κ3) is 4.31. The number of halogens is 1. The van der Waals surface area contributed by atoms with Crippen LogP contribution in [0.5, 0.6) is 0 Å². The van der Waals surface area contributed by atoms with Gasteiger partial charge >= 0.3 is 5.82 Å². The molecule has 8 nitrogen and oxygen atoms in total. The minimum absolute atomic E-state index is 0.145. The van der Waals surface area contributed by atoms with Crippen LogP contribution in [0.25, 0.3) is 11.8 Å². The van der Waals surface area contributed by atoms with Crippen LogP contribution in [0.15, 0.2) is 82.1 Å². The molecular weight excluding hydrogens is 452 g/mol. The molecule has 0 saturated carbocycles. The fraction of sp³-hybridized carbons (Fsp3) is 0.0476. The lowest BCUT2D eigenvalue weighted by Crippen LogP contribution is -2.00. The largest absolute Gasteiger partial charge is 0.460 e. The maximum atomic E-state index is 12.5. The van der Waals surface area contributed by atoms with Gasteiger partial charge in [-0.25, -0.2) is 0 Å². The van der Waals surface area contributed by atoms with Crippen LogP contribution in [0.4, 0.5) is 5.82 Å². The molecule has 0 aliphatic carbocycles. The van der Waals surface area contributed by atoms with Crippen LogP contribution >= 0.6 is 15.9 Å². The summed E-state index contributed by atoms with van der Waals surface area (Å²) >= 11 is 3.11. The van der Waals surface area contributed by atoms with Crippen molar-refractivity contribution in [1.29, 1.82) is 0 Å². The number of benzene rings is 1. The highest BCUT2D eigenvalue weighted by atomic mass is 79.9. The molecule has 0 saturated heterocycles. The van der Waals surface area contributed by atoms with Crippen LogP contribution in [0.2, 0.25) is 0 Å². The first-order chi connectivity index (χ1) is 14.5. The quantitative estimate of drug-likeness (QED) is 0.167. The number of allylic oxidation sites excluding steroid dienone is 1. The van der Waals surface area contributed by atoms with Gasteiger partial charge < -0.3 is 19.1 Å². The second kappa shape index (κ2) is 8.34. The third-order valence-corrected chi connectivity index (χ3v) is 4.86. The van der Waals surface area contributed by atoms with Gasteiger partial charge in [0.2, 0.25) is 0 Å². The molecule has 0 fully saturated rings. The number of nitro groups is 1. The van der Waals surface area contributed by atoms with E-state index in [0.29, 0.717) is 21.6 Å². The SMILES string of the molecule is O=C(/C=C/c1ccc(Cn2cc(Br)c([N+](=O)[O-])n2)o1)c1cccc(-n2cccc2)c1. The summed E-state index contributed by atoms with van der Waals surface area (Å²) in [6.07, 6.45) is 8.38. The lowest BCUT2D eigenvalue weighted by atomic mass is 10.1. The Bertz CT molecular complexity index is 1240. The molecule has 0 atom stereocenters. The Morgan fingerprint density at radius 1 is 1.20 bits per heavy atom. The molecule has 3 heterocycles. The average Bonchev–Trinajstić information content (AvgIpc) is 3.48. The smallest absolute Gasteiger partial charge is 0.404 e. The Morgan fingerprint density at radius 3 is 2.73 bits per heavy atom. The monoisotopic (exact) mass is 466 g/mol. The minimum atomic E-state index is -0.562. The Hall–Kier alpha value is -3.72. The normalized spacial score (nSPS) is 11.2. The molecule has 0 spiro atoms. The van der Waals surface area contributed by atoms with E-state index in [1.165, 1.54) is 17.0 Å². The van der Waals surface area contributed by atoms with Gasteiger partial charge in [0.1, 0.15) is 22.5 Å². The van der Waals surface area contributed by atoms with Gasteiger partial charge in [-0.15, -0.1) is 0 Å². The van der Waals surface area contributed by atoms with Crippen molar-refractivity contribution < 1.29 is 14.1 Å². The number of hydrogen-bond donors (Lipinski definition) is 0. The first kappa shape index (κ1) is 19.6. The molecule has 0 aliphatic heterocycles. The average molecular weight is 467 g/mol. The molecule has 9 heteroatoms. The summed E-state index contributed by atoms with van der Waals surface area (Å²) in [7, 11) is 0. The second-order valence-electron chi connectivity index (χ2n) is 6.40. The van der Waals surface area contributed by atoms with Crippen molar-refractivity contribution in [3.63, 3.8) is 0 Å². The van der Waals surface area contributed by atoms with Gasteiger partial charge in [0.25, 0.3) is 0 Å². The van der Waals surface area contributed by atoms with Crippen LogP contribution in [-0.4, -0.2) is 25.1 Å². The highest BCUT2D eigenvalue weighted by molar-refractivity contribution is 9.10. The van der Waals surface area contributed by atoms with Crippen molar-refractivity contribution in [3.05, 3.63) is 105 Å². The molecule has 0 amide bonds. The molecule has 150 valence electrons. The zero-order valence-corrected chi connectivity index (χ0v) is 17.1. The van der Waals surface area contributed by atoms with Gasteiger partial charge in [-0.2, -0.15) is 4.68 Å². The second-order valence-corrected chi connectivity index (χ2v) is 7.25. The van der Waals surface area contributed by atoms with Gasteiger partial charge in [-0.3, -0.25) is 4.79 Å². The van der Waals surface area contributed by atoms with E-state index in [1.807, 2.05) is 47.3 Å². The molecule has 0 aliphatic rings. The Balaban J connectivity index is 1.44. The van der Waals surface area contributed by atoms with Crippen molar-refractivity contribution in [1.82, 2.24) is 14.3 Å². The molecular formula is C21H15BrN4O4. The minimum Gasteiger partial charge on any atom is -0.460 e. The van der Waals surface area contributed by atoms with E-state index in [9.17, 15) is 14.9 Å². The van der Waals surface area contributed by atoms with Crippen LogP contribution in [0, 0.1) is 10.1 Å². The van der Waals surface area contributed by atoms with Gasteiger partial charge in [0.05, 0.1) is 11.3 Å². The number of carbonyl (C=O) groups excluding carboxylic acids is 1. The maximum Gasteiger partial charge on any atom is 0.404 e. The number of rotatable bonds is 7. The fourth-order valence-corrected chi connectivity index (χ4v) is 3.36. The van der Waals surface area contributed by atoms with E-state index in [1.54, 1.807) is 24.3 Å². The van der Waals surface area contributed by atoms with E-state index in [4.69, 9.17) is 4.42 Å². The maximum absolute atomic E-state index is 12.5. The summed E-state index contributed by atoms with van der Waals surface area (Å²) < 4.78 is 9.31. The van der Waals surface area contributed by atoms with Gasteiger partial charge in [-0.05, 0) is 69.4 Å². The topological polar surface area (TPSA) is 96.1 Å². The highest BCUT2D eigenvalue weighted by Crippen LogP contribution is 2.23. The van der Waals surface area contributed by atoms with Gasteiger partial charge in [-0.1, -0.05) is 12.1 Å². The number of hydrogen-bond acceptors (Lipinski definition) is 5. The number of carbonyl (C=O) groups is 1. The summed E-state index contributed by atoms with van der Waals surface area (Å²) in [4.78, 5) is 22.8. The van der Waals surface area contributed by atoms with E-state index < -0.39 is 4.92 Å². The standard InChI is InChI=1S/C21H15BrN4O4/c22-19-14-25(23-21(19)26(28)29)13-18-7-6-17(30-18)8-9-20(27)15-4-3-5-16(12-15)24-10-1-2-11-24/h1-12,14H,13H2/b9-8+. The van der Waals surface area contributed by atoms with Crippen molar-refractivity contribution in [2.45, 2.75) is 6.54 Å². The summed E-state index contributed by atoms with van der Waals surface area (Å²) in [5.41, 5.74) is 1.47. The molecule has 4 rings (SSSR count). The Morgan fingerprint density at radius 2 is 2.00 bits per heavy atom. The van der Waals surface area contributed by atoms with Crippen molar-refractivity contribution in [2.24, 2.45) is 0 Å². The van der Waals surface area contributed by atoms with Crippen molar-refractivity contribution >= 4 is 33.6 Å². The van der Waals surface area contributed by atoms with E-state index in [-0.39, 0.29) is 18.1 Å². The Kier molecular flexibility index (Phi) is 5.44. The molecule has 4 aromatic rings. The molecule has 30 heavy (non-hydrogen) atoms. The van der Waals surface area contributed by atoms with Crippen LogP contribution < -0.4 is 0 Å². The lowest BCUT2D eigenvalue weighted by Gasteiger charge is -2.04. The predicted octanol–water partition coefficient (Wildman–Crippen LogP) is 4.88. The fourth-order valence-electron chi connectivity index (χ4n) is 2.90. The van der Waals surface area contributed by atoms with Crippen molar-refractivity contribution in [3.8, 4) is 5.69 Å². The lowest BCUT2D eigenvalue weighted by molar-refractivity contribution is -0.390. The van der Waals surface area contributed by atoms with Gasteiger partial charge in [0.15, 0.2) is 5.78 Å². The van der Waals surface area contributed by atoms with E-state index in [2.05, 4.69) is 21.0 Å². The molecule has 0 unspecified atom stereocenters. The third-order valence-electron chi connectivity index (χ3n) is 4.30. The molecule has 1 aromatic carbocycles. The van der Waals surface area contributed by atoms with E-state index in [0.717, 1.165) is 5.69 Å². The number of nitrogens with zero attached hydrogens (tertiary/aromatic N) is 4. The molecule has 0 radical (unpaired) electrons. The van der Waals surface area contributed by atoms with Crippen molar-refractivity contribution in [2.75, 3.05) is 0 Å². The summed E-state index contributed by atoms with van der Waals surface area (Å²) in [6.45, 7) is 0.229. The molecule has 0 N–H and O–H groups in total. The number of furan rings is 1. The van der Waals surface area contributed by atoms with Crippen LogP contribution in [0.3, 0.4) is 0 Å². The summed E-state index contributed by atoms with van der Waals surface area (Å²) in [5.74, 6) is 0.658. The predicted molar refractivity (Wildman–Crippen MR) is 114 cm³/mol. The van der Waals surface area contributed by atoms with Crippen LogP contribution in [-0.2, 0) is 6.54 Å². The Labute approximate surface area is 179 Å². The zero-order valence-electron chi connectivity index (χ0n) is 15.5. The van der Waals surface area contributed by atoms with Gasteiger partial charge in [0, 0.05) is 23.6 Å². The highest BCUT2D eigenvalue weighted by Gasteiger charge is 2.19.